The minimum Gasteiger partial charge on any atom is -0.486 e. The molecule has 1 aliphatic rings. The molecule has 0 radical (unpaired) electrons. The van der Waals surface area contributed by atoms with Gasteiger partial charge in [-0.15, -0.1) is 0 Å². The lowest BCUT2D eigenvalue weighted by atomic mass is 10.1. The van der Waals surface area contributed by atoms with E-state index in [4.69, 9.17) is 9.47 Å². The second-order valence-electron chi connectivity index (χ2n) is 4.89. The molecule has 0 saturated heterocycles. The molecule has 0 aromatic heterocycles. The number of fused-ring (bicyclic) bond motifs is 1. The standard InChI is InChI=1S/C16H15BrFNO2/c1-10(19-14-9-12(17)3-4-13(14)18)11-2-5-15-16(8-11)21-7-6-20-15/h2-5,8-10,19H,6-7H2,1H3. The monoisotopic (exact) mass is 351 g/mol. The van der Waals surface area contributed by atoms with E-state index >= 15 is 0 Å². The first-order valence-electron chi connectivity index (χ1n) is 6.74. The summed E-state index contributed by atoms with van der Waals surface area (Å²) in [5.74, 6) is 1.22. The molecule has 1 aliphatic heterocycles. The Kier molecular flexibility index (Phi) is 4.01. The van der Waals surface area contributed by atoms with Crippen LogP contribution in [0, 0.1) is 5.82 Å². The van der Waals surface area contributed by atoms with Crippen molar-refractivity contribution >= 4 is 21.6 Å². The van der Waals surface area contributed by atoms with Gasteiger partial charge in [-0.1, -0.05) is 22.0 Å². The van der Waals surface area contributed by atoms with Gasteiger partial charge in [-0.05, 0) is 42.8 Å². The van der Waals surface area contributed by atoms with Crippen LogP contribution in [-0.2, 0) is 0 Å². The number of benzene rings is 2. The fourth-order valence-corrected chi connectivity index (χ4v) is 2.62. The molecule has 0 saturated carbocycles. The summed E-state index contributed by atoms with van der Waals surface area (Å²) >= 11 is 3.35. The molecule has 0 amide bonds. The van der Waals surface area contributed by atoms with Crippen LogP contribution in [0.2, 0.25) is 0 Å². The molecule has 1 N–H and O–H groups in total. The maximum atomic E-state index is 13.8. The zero-order valence-corrected chi connectivity index (χ0v) is 13.1. The molecular weight excluding hydrogens is 337 g/mol. The average Bonchev–Trinajstić information content (AvgIpc) is 2.50. The van der Waals surface area contributed by atoms with E-state index in [2.05, 4.69) is 21.2 Å². The van der Waals surface area contributed by atoms with Gasteiger partial charge in [-0.25, -0.2) is 4.39 Å². The minimum absolute atomic E-state index is 0.0513. The third-order valence-electron chi connectivity index (χ3n) is 3.37. The molecule has 5 heteroatoms. The highest BCUT2D eigenvalue weighted by Crippen LogP contribution is 2.33. The Hall–Kier alpha value is -1.75. The van der Waals surface area contributed by atoms with Gasteiger partial charge >= 0.3 is 0 Å². The molecule has 1 atom stereocenters. The smallest absolute Gasteiger partial charge is 0.161 e. The van der Waals surface area contributed by atoms with Crippen LogP contribution in [-0.4, -0.2) is 13.2 Å². The van der Waals surface area contributed by atoms with Crippen LogP contribution in [0.25, 0.3) is 0 Å². The first-order chi connectivity index (χ1) is 10.1. The molecule has 0 bridgehead atoms. The molecule has 3 nitrogen and oxygen atoms in total. The van der Waals surface area contributed by atoms with Gasteiger partial charge in [0, 0.05) is 10.5 Å². The number of hydrogen-bond donors (Lipinski definition) is 1. The second kappa shape index (κ2) is 5.93. The molecule has 1 heterocycles. The summed E-state index contributed by atoms with van der Waals surface area (Å²) in [4.78, 5) is 0. The highest BCUT2D eigenvalue weighted by molar-refractivity contribution is 9.10. The first-order valence-corrected chi connectivity index (χ1v) is 7.54. The molecule has 110 valence electrons. The summed E-state index contributed by atoms with van der Waals surface area (Å²) in [7, 11) is 0. The molecular formula is C16H15BrFNO2. The van der Waals surface area contributed by atoms with Crippen LogP contribution in [0.4, 0.5) is 10.1 Å². The van der Waals surface area contributed by atoms with Crippen molar-refractivity contribution in [1.82, 2.24) is 0 Å². The molecule has 0 spiro atoms. The lowest BCUT2D eigenvalue weighted by Crippen LogP contribution is -2.16. The third kappa shape index (κ3) is 3.13. The van der Waals surface area contributed by atoms with Gasteiger partial charge in [0.2, 0.25) is 0 Å². The van der Waals surface area contributed by atoms with Crippen LogP contribution >= 0.6 is 15.9 Å². The van der Waals surface area contributed by atoms with Crippen molar-refractivity contribution in [3.8, 4) is 11.5 Å². The van der Waals surface area contributed by atoms with Crippen LogP contribution in [0.15, 0.2) is 40.9 Å². The fraction of sp³-hybridized carbons (Fsp3) is 0.250. The van der Waals surface area contributed by atoms with Crippen LogP contribution in [0.5, 0.6) is 11.5 Å². The van der Waals surface area contributed by atoms with E-state index < -0.39 is 0 Å². The van der Waals surface area contributed by atoms with Crippen molar-refractivity contribution in [3.63, 3.8) is 0 Å². The Balaban J connectivity index is 1.82. The maximum absolute atomic E-state index is 13.8. The molecule has 3 rings (SSSR count). The lowest BCUT2D eigenvalue weighted by molar-refractivity contribution is 0.171. The van der Waals surface area contributed by atoms with E-state index in [0.717, 1.165) is 21.5 Å². The number of rotatable bonds is 3. The molecule has 0 aliphatic carbocycles. The zero-order valence-electron chi connectivity index (χ0n) is 11.5. The fourth-order valence-electron chi connectivity index (χ4n) is 2.25. The van der Waals surface area contributed by atoms with Crippen molar-refractivity contribution in [2.45, 2.75) is 13.0 Å². The van der Waals surface area contributed by atoms with Gasteiger partial charge in [0.05, 0.1) is 5.69 Å². The van der Waals surface area contributed by atoms with E-state index in [1.54, 1.807) is 12.1 Å². The van der Waals surface area contributed by atoms with Crippen molar-refractivity contribution in [3.05, 3.63) is 52.3 Å². The second-order valence-corrected chi connectivity index (χ2v) is 5.81. The third-order valence-corrected chi connectivity index (χ3v) is 3.86. The van der Waals surface area contributed by atoms with Gasteiger partial charge in [0.1, 0.15) is 19.0 Å². The Morgan fingerprint density at radius 2 is 1.86 bits per heavy atom. The number of nitrogens with one attached hydrogen (secondary N) is 1. The van der Waals surface area contributed by atoms with Crippen LogP contribution in [0.1, 0.15) is 18.5 Å². The van der Waals surface area contributed by atoms with Crippen molar-refractivity contribution in [2.75, 3.05) is 18.5 Å². The largest absolute Gasteiger partial charge is 0.486 e. The Morgan fingerprint density at radius 1 is 1.10 bits per heavy atom. The Bertz CT molecular complexity index is 663. The summed E-state index contributed by atoms with van der Waals surface area (Å²) in [6, 6.07) is 10.6. The highest BCUT2D eigenvalue weighted by Gasteiger charge is 2.15. The van der Waals surface area contributed by atoms with Gasteiger partial charge in [0.25, 0.3) is 0 Å². The highest BCUT2D eigenvalue weighted by atomic mass is 79.9. The van der Waals surface area contributed by atoms with Gasteiger partial charge in [0.15, 0.2) is 11.5 Å². The van der Waals surface area contributed by atoms with Crippen LogP contribution in [0.3, 0.4) is 0 Å². The topological polar surface area (TPSA) is 30.5 Å². The maximum Gasteiger partial charge on any atom is 0.161 e. The van der Waals surface area contributed by atoms with E-state index in [0.29, 0.717) is 18.9 Å². The number of hydrogen-bond acceptors (Lipinski definition) is 3. The van der Waals surface area contributed by atoms with Gasteiger partial charge in [-0.2, -0.15) is 0 Å². The van der Waals surface area contributed by atoms with Crippen LogP contribution < -0.4 is 14.8 Å². The Morgan fingerprint density at radius 3 is 2.67 bits per heavy atom. The van der Waals surface area contributed by atoms with Crippen molar-refractivity contribution < 1.29 is 13.9 Å². The molecule has 2 aromatic carbocycles. The summed E-state index contributed by atoms with van der Waals surface area (Å²) in [6.07, 6.45) is 0. The van der Waals surface area contributed by atoms with E-state index in [-0.39, 0.29) is 11.9 Å². The SMILES string of the molecule is CC(Nc1cc(Br)ccc1F)c1ccc2c(c1)OCCO2. The number of ether oxygens (including phenoxy) is 2. The molecule has 21 heavy (non-hydrogen) atoms. The van der Waals surface area contributed by atoms with E-state index in [1.165, 1.54) is 6.07 Å². The van der Waals surface area contributed by atoms with E-state index in [9.17, 15) is 4.39 Å². The predicted octanol–water partition coefficient (Wildman–Crippen LogP) is 4.53. The van der Waals surface area contributed by atoms with E-state index in [1.807, 2.05) is 25.1 Å². The van der Waals surface area contributed by atoms with Crippen molar-refractivity contribution in [2.24, 2.45) is 0 Å². The normalized spacial score (nSPS) is 14.6. The number of halogens is 2. The van der Waals surface area contributed by atoms with Crippen molar-refractivity contribution in [1.29, 1.82) is 0 Å². The summed E-state index contributed by atoms with van der Waals surface area (Å²) in [6.45, 7) is 3.10. The zero-order chi connectivity index (χ0) is 14.8. The average molecular weight is 352 g/mol. The predicted molar refractivity (Wildman–Crippen MR) is 83.6 cm³/mol. The summed E-state index contributed by atoms with van der Waals surface area (Å²) in [5.41, 5.74) is 1.48. The number of anilines is 1. The minimum atomic E-state index is -0.275. The first kappa shape index (κ1) is 14.2. The molecule has 0 fully saturated rings. The van der Waals surface area contributed by atoms with Gasteiger partial charge in [-0.3, -0.25) is 0 Å². The summed E-state index contributed by atoms with van der Waals surface area (Å²) in [5, 5.41) is 3.17. The quantitative estimate of drug-likeness (QED) is 0.880. The molecule has 2 aromatic rings. The van der Waals surface area contributed by atoms with Gasteiger partial charge < -0.3 is 14.8 Å². The lowest BCUT2D eigenvalue weighted by Gasteiger charge is -2.21. The Labute approximate surface area is 131 Å². The molecule has 1 unspecified atom stereocenters. The summed E-state index contributed by atoms with van der Waals surface area (Å²) < 4.78 is 25.7.